The number of nitrogens with zero attached hydrogens (tertiary/aromatic N) is 3. The van der Waals surface area contributed by atoms with E-state index in [1.54, 1.807) is 48.8 Å². The number of aromatic amines is 1. The van der Waals surface area contributed by atoms with E-state index in [0.717, 1.165) is 5.56 Å². The zero-order chi connectivity index (χ0) is 22.2. The second-order valence-electron chi connectivity index (χ2n) is 7.26. The van der Waals surface area contributed by atoms with Gasteiger partial charge in [-0.15, -0.1) is 0 Å². The maximum Gasteiger partial charge on any atom is 0.310 e. The Morgan fingerprint density at radius 3 is 2.34 bits per heavy atom. The lowest BCUT2D eigenvalue weighted by Gasteiger charge is -2.11. The minimum absolute atomic E-state index is 0.245. The molecule has 0 bridgehead atoms. The van der Waals surface area contributed by atoms with Crippen LogP contribution in [0.2, 0.25) is 15.1 Å². The largest absolute Gasteiger partial charge is 0.310 e. The van der Waals surface area contributed by atoms with Crippen molar-refractivity contribution >= 4 is 46.0 Å². The van der Waals surface area contributed by atoms with Crippen molar-refractivity contribution in [1.29, 1.82) is 0 Å². The molecule has 0 saturated carbocycles. The second kappa shape index (κ2) is 8.43. The lowest BCUT2D eigenvalue weighted by atomic mass is 10.2. The molecule has 2 heterocycles. The Bertz CT molecular complexity index is 1490. The molecule has 5 nitrogen and oxygen atoms in total. The first kappa shape index (κ1) is 20.8. The molecule has 3 aromatic carbocycles. The fraction of sp³-hybridized carbons (Fsp3) is 0.0417. The van der Waals surface area contributed by atoms with Crippen LogP contribution in [-0.2, 0) is 6.54 Å². The van der Waals surface area contributed by atoms with Gasteiger partial charge in [0.15, 0.2) is 6.33 Å². The van der Waals surface area contributed by atoms with Crippen LogP contribution in [0.3, 0.4) is 0 Å². The standard InChI is InChI=1S/C24H15Cl3N4O/c25-16-6-9-18(10-7-16)31-22(19-11-8-17(26)12-20(19)27)29-23-21(24(31)32)28-14-30(23)13-15-4-2-1-3-5-15/h1-12,14H,13H2/p+1. The Balaban J connectivity index is 1.79. The molecule has 0 saturated heterocycles. The summed E-state index contributed by atoms with van der Waals surface area (Å²) >= 11 is 18.7. The molecule has 5 rings (SSSR count). The molecule has 0 spiro atoms. The van der Waals surface area contributed by atoms with Gasteiger partial charge in [-0.05, 0) is 48.0 Å². The Hall–Kier alpha value is -3.12. The molecule has 1 N–H and O–H groups in total. The van der Waals surface area contributed by atoms with Gasteiger partial charge in [-0.1, -0.05) is 70.1 Å². The van der Waals surface area contributed by atoms with Gasteiger partial charge in [0, 0.05) is 10.0 Å². The van der Waals surface area contributed by atoms with Gasteiger partial charge in [-0.2, -0.15) is 0 Å². The first-order chi connectivity index (χ1) is 15.5. The Kier molecular flexibility index (Phi) is 5.47. The van der Waals surface area contributed by atoms with Crippen molar-refractivity contribution in [2.24, 2.45) is 0 Å². The predicted molar refractivity (Wildman–Crippen MR) is 128 cm³/mol. The van der Waals surface area contributed by atoms with E-state index >= 15 is 0 Å². The number of nitrogens with one attached hydrogen (secondary N) is 1. The lowest BCUT2D eigenvalue weighted by Crippen LogP contribution is -2.34. The second-order valence-corrected chi connectivity index (χ2v) is 8.54. The number of fused-ring (bicyclic) bond motifs is 1. The molecule has 0 unspecified atom stereocenters. The number of hydrogen-bond donors (Lipinski definition) is 1. The molecule has 0 aliphatic carbocycles. The minimum Gasteiger partial charge on any atom is -0.269 e. The van der Waals surface area contributed by atoms with Crippen LogP contribution in [0.15, 0.2) is 83.9 Å². The SMILES string of the molecule is O=c1c2[nH]c[n+](Cc3ccccc3)c2nc(-c2ccc(Cl)cc2Cl)n1-c1ccc(Cl)cc1. The molecule has 0 aliphatic heterocycles. The molecule has 0 radical (unpaired) electrons. The number of aromatic nitrogens is 4. The summed E-state index contributed by atoms with van der Waals surface area (Å²) < 4.78 is 3.43. The average molecular weight is 483 g/mol. The van der Waals surface area contributed by atoms with Gasteiger partial charge in [-0.25, -0.2) is 9.13 Å². The summed E-state index contributed by atoms with van der Waals surface area (Å²) in [5.74, 6) is 0.410. The van der Waals surface area contributed by atoms with Crippen molar-refractivity contribution in [3.05, 3.63) is 110 Å². The normalized spacial score (nSPS) is 11.2. The van der Waals surface area contributed by atoms with E-state index in [1.807, 2.05) is 34.9 Å². The number of halogens is 3. The van der Waals surface area contributed by atoms with Crippen LogP contribution in [0.4, 0.5) is 0 Å². The number of hydrogen-bond acceptors (Lipinski definition) is 2. The Labute approximate surface area is 198 Å². The fourth-order valence-corrected chi connectivity index (χ4v) is 4.25. The summed E-state index contributed by atoms with van der Waals surface area (Å²) in [5, 5.41) is 1.47. The molecular formula is C24H16Cl3N4O+. The van der Waals surface area contributed by atoms with E-state index in [4.69, 9.17) is 39.8 Å². The maximum absolute atomic E-state index is 13.6. The molecular weight excluding hydrogens is 467 g/mol. The lowest BCUT2D eigenvalue weighted by molar-refractivity contribution is -0.664. The maximum atomic E-state index is 13.6. The molecule has 32 heavy (non-hydrogen) atoms. The van der Waals surface area contributed by atoms with Gasteiger partial charge in [0.25, 0.3) is 0 Å². The third-order valence-corrected chi connectivity index (χ3v) is 5.95. The quantitative estimate of drug-likeness (QED) is 0.335. The average Bonchev–Trinajstić information content (AvgIpc) is 3.18. The summed E-state index contributed by atoms with van der Waals surface area (Å²) in [7, 11) is 0. The Morgan fingerprint density at radius 2 is 1.62 bits per heavy atom. The third kappa shape index (κ3) is 3.79. The highest BCUT2D eigenvalue weighted by Gasteiger charge is 2.25. The first-order valence-corrected chi connectivity index (χ1v) is 10.9. The van der Waals surface area contributed by atoms with E-state index in [-0.39, 0.29) is 5.56 Å². The number of H-pyrrole nitrogens is 1. The van der Waals surface area contributed by atoms with Crippen LogP contribution in [0.1, 0.15) is 5.56 Å². The summed E-state index contributed by atoms with van der Waals surface area (Å²) in [6.07, 6.45) is 1.76. The monoisotopic (exact) mass is 481 g/mol. The summed E-state index contributed by atoms with van der Waals surface area (Å²) in [6, 6.07) is 22.1. The molecule has 5 aromatic rings. The highest BCUT2D eigenvalue weighted by molar-refractivity contribution is 6.36. The van der Waals surface area contributed by atoms with Crippen LogP contribution in [0.25, 0.3) is 28.2 Å². The van der Waals surface area contributed by atoms with Gasteiger partial charge in [-0.3, -0.25) is 9.78 Å². The molecule has 0 aliphatic rings. The van der Waals surface area contributed by atoms with Gasteiger partial charge in [0.1, 0.15) is 0 Å². The zero-order valence-corrected chi connectivity index (χ0v) is 18.9. The van der Waals surface area contributed by atoms with Crippen molar-refractivity contribution in [3.63, 3.8) is 0 Å². The van der Waals surface area contributed by atoms with Crippen LogP contribution in [0.5, 0.6) is 0 Å². The van der Waals surface area contributed by atoms with E-state index in [2.05, 4.69) is 4.98 Å². The molecule has 2 aromatic heterocycles. The third-order valence-electron chi connectivity index (χ3n) is 5.15. The van der Waals surface area contributed by atoms with Crippen LogP contribution < -0.4 is 10.1 Å². The molecule has 0 atom stereocenters. The summed E-state index contributed by atoms with van der Waals surface area (Å²) in [5.41, 5.74) is 2.99. The smallest absolute Gasteiger partial charge is 0.269 e. The fourth-order valence-electron chi connectivity index (χ4n) is 3.63. The highest BCUT2D eigenvalue weighted by Crippen LogP contribution is 2.30. The summed E-state index contributed by atoms with van der Waals surface area (Å²) in [4.78, 5) is 21.6. The van der Waals surface area contributed by atoms with Crippen molar-refractivity contribution in [2.75, 3.05) is 0 Å². The van der Waals surface area contributed by atoms with Crippen molar-refractivity contribution in [3.8, 4) is 17.1 Å². The van der Waals surface area contributed by atoms with E-state index in [1.165, 1.54) is 4.57 Å². The first-order valence-electron chi connectivity index (χ1n) is 9.80. The van der Waals surface area contributed by atoms with E-state index in [9.17, 15) is 4.79 Å². The Morgan fingerprint density at radius 1 is 0.906 bits per heavy atom. The van der Waals surface area contributed by atoms with Gasteiger partial charge < -0.3 is 0 Å². The van der Waals surface area contributed by atoms with E-state index in [0.29, 0.717) is 49.9 Å². The van der Waals surface area contributed by atoms with Crippen molar-refractivity contribution in [1.82, 2.24) is 14.5 Å². The molecule has 8 heteroatoms. The zero-order valence-electron chi connectivity index (χ0n) is 16.6. The van der Waals surface area contributed by atoms with Crippen molar-refractivity contribution < 1.29 is 4.57 Å². The topological polar surface area (TPSA) is 54.6 Å². The number of benzene rings is 3. The minimum atomic E-state index is -0.245. The number of rotatable bonds is 4. The molecule has 0 fully saturated rings. The predicted octanol–water partition coefficient (Wildman–Crippen LogP) is 5.68. The van der Waals surface area contributed by atoms with Gasteiger partial charge in [0.05, 0.1) is 22.8 Å². The van der Waals surface area contributed by atoms with Crippen LogP contribution in [-0.4, -0.2) is 14.5 Å². The van der Waals surface area contributed by atoms with Crippen molar-refractivity contribution in [2.45, 2.75) is 6.54 Å². The molecule has 158 valence electrons. The van der Waals surface area contributed by atoms with Crippen LogP contribution in [0, 0.1) is 0 Å². The van der Waals surface area contributed by atoms with Gasteiger partial charge >= 0.3 is 11.2 Å². The molecule has 0 amide bonds. The van der Waals surface area contributed by atoms with Gasteiger partial charge in [0.2, 0.25) is 11.3 Å². The van der Waals surface area contributed by atoms with E-state index < -0.39 is 0 Å². The van der Waals surface area contributed by atoms with Crippen LogP contribution >= 0.6 is 34.8 Å². The number of imidazole rings is 1. The summed E-state index contributed by atoms with van der Waals surface area (Å²) in [6.45, 7) is 0.562. The highest BCUT2D eigenvalue weighted by atomic mass is 35.5.